The lowest BCUT2D eigenvalue weighted by atomic mass is 10.4. The Morgan fingerprint density at radius 2 is 2.07 bits per heavy atom. The average molecular weight is 209 g/mol. The first kappa shape index (κ1) is 11.1. The second-order valence-electron chi connectivity index (χ2n) is 2.63. The normalized spacial score (nSPS) is 10.6. The van der Waals surface area contributed by atoms with Crippen LogP contribution in [0.3, 0.4) is 0 Å². The zero-order chi connectivity index (χ0) is 10.6. The molecule has 1 unspecified atom stereocenters. The van der Waals surface area contributed by atoms with Gasteiger partial charge in [0, 0.05) is 11.8 Å². The minimum atomic E-state index is 0.750. The van der Waals surface area contributed by atoms with Gasteiger partial charge in [0.1, 0.15) is 0 Å². The molecule has 0 aliphatic heterocycles. The predicted molar refractivity (Wildman–Crippen MR) is 62.9 cm³/mol. The summed E-state index contributed by atoms with van der Waals surface area (Å²) in [7, 11) is 0.750. The van der Waals surface area contributed by atoms with Gasteiger partial charge in [0.05, 0.1) is 11.6 Å². The Bertz CT molecular complexity index is 409. The molecule has 0 aliphatic rings. The van der Waals surface area contributed by atoms with Gasteiger partial charge in [-0.2, -0.15) is 5.10 Å². The van der Waals surface area contributed by atoms with Crippen LogP contribution in [0.4, 0.5) is 0 Å². The second kappa shape index (κ2) is 5.06. The van der Waals surface area contributed by atoms with E-state index in [9.17, 15) is 0 Å². The molecule has 2 heterocycles. The Hall–Kier alpha value is -0.950. The average Bonchev–Trinajstić information content (AvgIpc) is 2.69. The Morgan fingerprint density at radius 1 is 1.36 bits per heavy atom. The zero-order valence-corrected chi connectivity index (χ0v) is 10.1. The molecule has 0 saturated heterocycles. The molecule has 0 saturated carbocycles. The quantitative estimate of drug-likeness (QED) is 0.672. The summed E-state index contributed by atoms with van der Waals surface area (Å²) in [5, 5.41) is 4.15. The summed E-state index contributed by atoms with van der Waals surface area (Å²) >= 11 is 0. The summed E-state index contributed by atoms with van der Waals surface area (Å²) < 4.78 is 1.85. The summed E-state index contributed by atoms with van der Waals surface area (Å²) in [6, 6.07) is 4.01. The fourth-order valence-electron chi connectivity index (χ4n) is 1.20. The van der Waals surface area contributed by atoms with Crippen LogP contribution in [-0.2, 0) is 0 Å². The molecular weight excluding hydrogens is 193 g/mol. The van der Waals surface area contributed by atoms with Crippen LogP contribution in [0.1, 0.15) is 19.5 Å². The maximum Gasteiger partial charge on any atom is 0.155 e. The Balaban J connectivity index is 0.000000461. The molecule has 0 fully saturated rings. The number of rotatable bonds is 1. The summed E-state index contributed by atoms with van der Waals surface area (Å²) in [6.07, 6.45) is 1.78. The van der Waals surface area contributed by atoms with Crippen LogP contribution in [0.25, 0.3) is 5.65 Å². The van der Waals surface area contributed by atoms with E-state index in [0.717, 1.165) is 25.4 Å². The van der Waals surface area contributed by atoms with E-state index in [4.69, 9.17) is 0 Å². The first-order chi connectivity index (χ1) is 6.81. The fourth-order valence-corrected chi connectivity index (χ4v) is 1.78. The Kier molecular flexibility index (Phi) is 4.02. The molecule has 0 aliphatic carbocycles. The molecule has 4 heteroatoms. The number of hydrogen-bond acceptors (Lipinski definition) is 2. The zero-order valence-electron chi connectivity index (χ0n) is 9.07. The summed E-state index contributed by atoms with van der Waals surface area (Å²) in [4.78, 5) is 4.43. The van der Waals surface area contributed by atoms with Gasteiger partial charge < -0.3 is 0 Å². The molecule has 0 amide bonds. The van der Waals surface area contributed by atoms with Gasteiger partial charge in [-0.1, -0.05) is 22.4 Å². The van der Waals surface area contributed by atoms with E-state index in [1.54, 1.807) is 6.20 Å². The van der Waals surface area contributed by atoms with Gasteiger partial charge in [-0.3, -0.25) is 0 Å². The third-order valence-corrected chi connectivity index (χ3v) is 2.56. The van der Waals surface area contributed by atoms with Crippen molar-refractivity contribution in [1.82, 2.24) is 14.6 Å². The molecule has 0 aromatic carbocycles. The van der Waals surface area contributed by atoms with E-state index >= 15 is 0 Å². The minimum Gasteiger partial charge on any atom is -0.229 e. The lowest BCUT2D eigenvalue weighted by molar-refractivity contribution is 0.900. The van der Waals surface area contributed by atoms with Crippen LogP contribution in [0, 0.1) is 6.92 Å². The smallest absolute Gasteiger partial charge is 0.155 e. The minimum absolute atomic E-state index is 0.750. The number of hydrogen-bond donors (Lipinski definition) is 0. The lowest BCUT2D eigenvalue weighted by Crippen LogP contribution is -2.06. The molecular formula is C10H16N3P. The lowest BCUT2D eigenvalue weighted by Gasteiger charge is -2.00. The standard InChI is InChI=1S/C8H10N3P.C2H6/c1-6-5-8(12-2)10-7-3-4-9-11(6)7;1-2/h3-5,12H,1-2H3;1-2H3. The van der Waals surface area contributed by atoms with Crippen molar-refractivity contribution >= 4 is 19.7 Å². The maximum atomic E-state index is 4.43. The number of aryl methyl sites for hydroxylation is 1. The molecule has 76 valence electrons. The largest absolute Gasteiger partial charge is 0.229 e. The van der Waals surface area contributed by atoms with Gasteiger partial charge in [0.25, 0.3) is 0 Å². The van der Waals surface area contributed by atoms with Gasteiger partial charge in [-0.15, -0.1) is 0 Å². The van der Waals surface area contributed by atoms with Crippen molar-refractivity contribution in [3.8, 4) is 0 Å². The predicted octanol–water partition coefficient (Wildman–Crippen LogP) is 2.00. The van der Waals surface area contributed by atoms with E-state index in [2.05, 4.69) is 22.8 Å². The van der Waals surface area contributed by atoms with E-state index in [1.807, 2.05) is 31.4 Å². The van der Waals surface area contributed by atoms with Crippen molar-refractivity contribution in [3.63, 3.8) is 0 Å². The SMILES string of the molecule is CC.CPc1cc(C)n2nccc2n1. The molecule has 0 radical (unpaired) electrons. The number of fused-ring (bicyclic) bond motifs is 1. The van der Waals surface area contributed by atoms with E-state index < -0.39 is 0 Å². The topological polar surface area (TPSA) is 30.2 Å². The van der Waals surface area contributed by atoms with Gasteiger partial charge in [-0.25, -0.2) is 9.50 Å². The monoisotopic (exact) mass is 209 g/mol. The summed E-state index contributed by atoms with van der Waals surface area (Å²) in [6.45, 7) is 8.18. The highest BCUT2D eigenvalue weighted by molar-refractivity contribution is 7.45. The molecule has 0 bridgehead atoms. The molecule has 14 heavy (non-hydrogen) atoms. The molecule has 0 spiro atoms. The van der Waals surface area contributed by atoms with Crippen molar-refractivity contribution < 1.29 is 0 Å². The first-order valence-electron chi connectivity index (χ1n) is 4.80. The van der Waals surface area contributed by atoms with Crippen molar-refractivity contribution in [3.05, 3.63) is 24.0 Å². The Morgan fingerprint density at radius 3 is 2.71 bits per heavy atom. The second-order valence-corrected chi connectivity index (χ2v) is 3.65. The van der Waals surface area contributed by atoms with Crippen LogP contribution in [0.5, 0.6) is 0 Å². The van der Waals surface area contributed by atoms with Gasteiger partial charge >= 0.3 is 0 Å². The van der Waals surface area contributed by atoms with Crippen LogP contribution in [0.15, 0.2) is 18.3 Å². The molecule has 0 N–H and O–H groups in total. The van der Waals surface area contributed by atoms with Crippen molar-refractivity contribution in [1.29, 1.82) is 0 Å². The first-order valence-corrected chi connectivity index (χ1v) is 6.30. The molecule has 2 aromatic rings. The van der Waals surface area contributed by atoms with Crippen molar-refractivity contribution in [2.45, 2.75) is 20.8 Å². The fraction of sp³-hybridized carbons (Fsp3) is 0.400. The highest BCUT2D eigenvalue weighted by Crippen LogP contribution is 2.06. The summed E-state index contributed by atoms with van der Waals surface area (Å²) in [5.74, 6) is 0. The van der Waals surface area contributed by atoms with Gasteiger partial charge in [-0.05, 0) is 19.7 Å². The van der Waals surface area contributed by atoms with Gasteiger partial charge in [0.2, 0.25) is 0 Å². The highest BCUT2D eigenvalue weighted by Gasteiger charge is 2.00. The third-order valence-electron chi connectivity index (χ3n) is 1.79. The molecule has 2 aromatic heterocycles. The molecule has 2 rings (SSSR count). The molecule has 3 nitrogen and oxygen atoms in total. The van der Waals surface area contributed by atoms with Crippen molar-refractivity contribution in [2.75, 3.05) is 6.66 Å². The third kappa shape index (κ3) is 2.10. The van der Waals surface area contributed by atoms with E-state index in [1.165, 1.54) is 0 Å². The van der Waals surface area contributed by atoms with Crippen molar-refractivity contribution in [2.24, 2.45) is 0 Å². The van der Waals surface area contributed by atoms with E-state index in [0.29, 0.717) is 0 Å². The Labute approximate surface area is 86.3 Å². The number of aromatic nitrogens is 3. The van der Waals surface area contributed by atoms with Crippen LogP contribution in [-0.4, -0.2) is 21.3 Å². The number of nitrogens with zero attached hydrogens (tertiary/aromatic N) is 3. The molecule has 1 atom stereocenters. The van der Waals surface area contributed by atoms with E-state index in [-0.39, 0.29) is 0 Å². The summed E-state index contributed by atoms with van der Waals surface area (Å²) in [5.41, 5.74) is 3.24. The highest BCUT2D eigenvalue weighted by atomic mass is 31.1. The van der Waals surface area contributed by atoms with Crippen LogP contribution < -0.4 is 5.44 Å². The van der Waals surface area contributed by atoms with Crippen LogP contribution in [0.2, 0.25) is 0 Å². The van der Waals surface area contributed by atoms with Gasteiger partial charge in [0.15, 0.2) is 5.65 Å². The van der Waals surface area contributed by atoms with Crippen LogP contribution >= 0.6 is 8.58 Å². The maximum absolute atomic E-state index is 4.43.